The lowest BCUT2D eigenvalue weighted by atomic mass is 10.0. The van der Waals surface area contributed by atoms with Crippen LogP contribution in [0.2, 0.25) is 5.02 Å². The van der Waals surface area contributed by atoms with Crippen LogP contribution >= 0.6 is 34.2 Å². The summed E-state index contributed by atoms with van der Waals surface area (Å²) in [7, 11) is -0.122. The van der Waals surface area contributed by atoms with Gasteiger partial charge in [-0.3, -0.25) is 4.79 Å². The van der Waals surface area contributed by atoms with E-state index in [1.807, 2.05) is 0 Å². The largest absolute Gasteiger partial charge is 0.496 e. The Kier molecular flexibility index (Phi) is 6.38. The van der Waals surface area contributed by atoms with Crippen molar-refractivity contribution in [3.05, 3.63) is 26.3 Å². The second kappa shape index (κ2) is 7.76. The Labute approximate surface area is 161 Å². The van der Waals surface area contributed by atoms with Crippen molar-refractivity contribution in [2.24, 2.45) is 0 Å². The Balaban J connectivity index is 2.13. The number of rotatable bonds is 4. The molecule has 0 unspecified atom stereocenters. The van der Waals surface area contributed by atoms with Crippen molar-refractivity contribution in [3.8, 4) is 5.75 Å². The predicted octanol–water partition coefficient (Wildman–Crippen LogP) is 2.45. The van der Waals surface area contributed by atoms with Gasteiger partial charge in [-0.15, -0.1) is 0 Å². The molecule has 0 spiro atoms. The number of methoxy groups -OCH3 is 1. The number of halogens is 2. The van der Waals surface area contributed by atoms with Crippen LogP contribution in [0, 0.1) is 3.57 Å². The summed E-state index contributed by atoms with van der Waals surface area (Å²) in [5.41, 5.74) is 0.429. The molecule has 1 saturated heterocycles. The SMILES string of the molecule is COc1cc(I)c(Cl)cc1C(=O)N1CCC(N(C)S(C)(=O)=O)CC1. The highest BCUT2D eigenvalue weighted by molar-refractivity contribution is 14.1. The first-order valence-electron chi connectivity index (χ1n) is 7.40. The van der Waals surface area contributed by atoms with Crippen molar-refractivity contribution in [1.82, 2.24) is 9.21 Å². The first-order valence-corrected chi connectivity index (χ1v) is 10.7. The number of benzene rings is 1. The van der Waals surface area contributed by atoms with Crippen molar-refractivity contribution in [2.75, 3.05) is 33.5 Å². The summed E-state index contributed by atoms with van der Waals surface area (Å²) >= 11 is 8.22. The molecule has 0 atom stereocenters. The van der Waals surface area contributed by atoms with Crippen molar-refractivity contribution < 1.29 is 17.9 Å². The number of amides is 1. The Morgan fingerprint density at radius 3 is 2.46 bits per heavy atom. The van der Waals surface area contributed by atoms with E-state index in [4.69, 9.17) is 16.3 Å². The Morgan fingerprint density at radius 1 is 1.38 bits per heavy atom. The van der Waals surface area contributed by atoms with Crippen LogP contribution in [0.1, 0.15) is 23.2 Å². The highest BCUT2D eigenvalue weighted by Gasteiger charge is 2.30. The smallest absolute Gasteiger partial charge is 0.257 e. The van der Waals surface area contributed by atoms with Gasteiger partial charge in [0.1, 0.15) is 5.75 Å². The van der Waals surface area contributed by atoms with E-state index in [0.29, 0.717) is 42.3 Å². The molecule has 6 nitrogen and oxygen atoms in total. The van der Waals surface area contributed by atoms with E-state index in [0.717, 1.165) is 3.57 Å². The van der Waals surface area contributed by atoms with E-state index in [9.17, 15) is 13.2 Å². The quantitative estimate of drug-likeness (QED) is 0.613. The van der Waals surface area contributed by atoms with E-state index in [1.165, 1.54) is 17.7 Å². The minimum absolute atomic E-state index is 0.0775. The lowest BCUT2D eigenvalue weighted by Gasteiger charge is -2.35. The van der Waals surface area contributed by atoms with Gasteiger partial charge in [-0.25, -0.2) is 12.7 Å². The number of likely N-dealkylation sites (tertiary alicyclic amines) is 1. The van der Waals surface area contributed by atoms with Crippen LogP contribution in [0.5, 0.6) is 5.75 Å². The third kappa shape index (κ3) is 4.33. The average molecular weight is 487 g/mol. The molecule has 9 heteroatoms. The molecule has 1 heterocycles. The molecule has 0 aliphatic carbocycles. The molecule has 2 rings (SSSR count). The minimum atomic E-state index is -3.22. The second-order valence-electron chi connectivity index (χ2n) is 5.77. The monoisotopic (exact) mass is 486 g/mol. The van der Waals surface area contributed by atoms with Gasteiger partial charge in [0.15, 0.2) is 0 Å². The van der Waals surface area contributed by atoms with Gasteiger partial charge in [0.05, 0.1) is 24.0 Å². The molecular formula is C15H20ClIN2O4S. The standard InChI is InChI=1S/C15H20ClIN2O4S/c1-18(24(3,21)22)10-4-6-19(7-5-10)15(20)11-8-12(16)13(17)9-14(11)23-2/h8-10H,4-7H2,1-3H3. The molecule has 1 amide bonds. The molecule has 24 heavy (non-hydrogen) atoms. The molecule has 1 aliphatic heterocycles. The van der Waals surface area contributed by atoms with Crippen LogP contribution in [0.15, 0.2) is 12.1 Å². The fraction of sp³-hybridized carbons (Fsp3) is 0.533. The average Bonchev–Trinajstić information content (AvgIpc) is 2.55. The van der Waals surface area contributed by atoms with E-state index in [2.05, 4.69) is 22.6 Å². The maximum Gasteiger partial charge on any atom is 0.257 e. The van der Waals surface area contributed by atoms with Gasteiger partial charge in [0.25, 0.3) is 5.91 Å². The van der Waals surface area contributed by atoms with Gasteiger partial charge in [0, 0.05) is 29.7 Å². The van der Waals surface area contributed by atoms with Crippen molar-refractivity contribution in [1.29, 1.82) is 0 Å². The third-order valence-electron chi connectivity index (χ3n) is 4.26. The van der Waals surface area contributed by atoms with Crippen LogP contribution < -0.4 is 4.74 Å². The van der Waals surface area contributed by atoms with Gasteiger partial charge in [0.2, 0.25) is 10.0 Å². The van der Waals surface area contributed by atoms with Crippen LogP contribution in [0.25, 0.3) is 0 Å². The Bertz CT molecular complexity index is 733. The van der Waals surface area contributed by atoms with Gasteiger partial charge in [-0.1, -0.05) is 11.6 Å². The summed E-state index contributed by atoms with van der Waals surface area (Å²) in [5, 5.41) is 0.506. The number of hydrogen-bond acceptors (Lipinski definition) is 4. The molecule has 1 fully saturated rings. The summed E-state index contributed by atoms with van der Waals surface area (Å²) in [6, 6.07) is 3.28. The van der Waals surface area contributed by atoms with Crippen molar-refractivity contribution >= 4 is 50.1 Å². The second-order valence-corrected chi connectivity index (χ2v) is 9.38. The first kappa shape index (κ1) is 19.7. The van der Waals surface area contributed by atoms with Crippen LogP contribution in [0.4, 0.5) is 0 Å². The molecule has 0 saturated carbocycles. The summed E-state index contributed by atoms with van der Waals surface area (Å²) in [6.45, 7) is 0.992. The molecule has 0 aromatic heterocycles. The number of carbonyl (C=O) groups excluding carboxylic acids is 1. The number of piperidine rings is 1. The minimum Gasteiger partial charge on any atom is -0.496 e. The predicted molar refractivity (Wildman–Crippen MR) is 102 cm³/mol. The topological polar surface area (TPSA) is 66.9 Å². The highest BCUT2D eigenvalue weighted by Crippen LogP contribution is 2.30. The van der Waals surface area contributed by atoms with E-state index in [-0.39, 0.29) is 11.9 Å². The normalized spacial score (nSPS) is 16.5. The molecule has 0 bridgehead atoms. The fourth-order valence-corrected chi connectivity index (χ4v) is 4.09. The molecule has 0 N–H and O–H groups in total. The van der Waals surface area contributed by atoms with Gasteiger partial charge in [-0.2, -0.15) is 0 Å². The zero-order valence-electron chi connectivity index (χ0n) is 13.8. The van der Waals surface area contributed by atoms with Crippen LogP contribution in [-0.4, -0.2) is 63.1 Å². The number of hydrogen-bond donors (Lipinski definition) is 0. The molecule has 1 aromatic carbocycles. The molecule has 0 radical (unpaired) electrons. The summed E-state index contributed by atoms with van der Waals surface area (Å²) in [5.74, 6) is 0.342. The maximum absolute atomic E-state index is 12.8. The molecule has 1 aliphatic rings. The first-order chi connectivity index (χ1) is 11.1. The summed E-state index contributed by atoms with van der Waals surface area (Å²) in [4.78, 5) is 14.5. The van der Waals surface area contributed by atoms with Gasteiger partial charge >= 0.3 is 0 Å². The molecule has 1 aromatic rings. The lowest BCUT2D eigenvalue weighted by molar-refractivity contribution is 0.0683. The zero-order chi connectivity index (χ0) is 18.1. The Morgan fingerprint density at radius 2 is 1.96 bits per heavy atom. The number of carbonyl (C=O) groups is 1. The summed E-state index contributed by atoms with van der Waals surface area (Å²) in [6.07, 6.45) is 2.41. The number of ether oxygens (including phenoxy) is 1. The summed E-state index contributed by atoms with van der Waals surface area (Å²) < 4.78 is 30.8. The van der Waals surface area contributed by atoms with E-state index < -0.39 is 10.0 Å². The lowest BCUT2D eigenvalue weighted by Crippen LogP contribution is -2.47. The highest BCUT2D eigenvalue weighted by atomic mass is 127. The fourth-order valence-electron chi connectivity index (χ4n) is 2.74. The van der Waals surface area contributed by atoms with Crippen molar-refractivity contribution in [3.63, 3.8) is 0 Å². The maximum atomic E-state index is 12.8. The van der Waals surface area contributed by atoms with E-state index >= 15 is 0 Å². The van der Waals surface area contributed by atoms with Gasteiger partial charge < -0.3 is 9.64 Å². The molecule has 134 valence electrons. The van der Waals surface area contributed by atoms with Crippen molar-refractivity contribution in [2.45, 2.75) is 18.9 Å². The zero-order valence-corrected chi connectivity index (χ0v) is 17.5. The molecular weight excluding hydrogens is 467 g/mol. The number of sulfonamides is 1. The van der Waals surface area contributed by atoms with Gasteiger partial charge in [-0.05, 0) is 47.6 Å². The number of nitrogens with zero attached hydrogens (tertiary/aromatic N) is 2. The van der Waals surface area contributed by atoms with Crippen LogP contribution in [0.3, 0.4) is 0 Å². The van der Waals surface area contributed by atoms with E-state index in [1.54, 1.807) is 24.1 Å². The van der Waals surface area contributed by atoms with Crippen LogP contribution in [-0.2, 0) is 10.0 Å². The third-order valence-corrected chi connectivity index (χ3v) is 7.13. The Hall–Kier alpha value is -0.580.